The molecule has 0 aliphatic rings. The SMILES string of the molecule is Cc1cc(C(=O)NOC(=O)C(C)(C)C)c[n+]([O-])c1. The second kappa shape index (κ2) is 5.03. The molecule has 98 valence electrons. The molecule has 1 N–H and O–H groups in total. The van der Waals surface area contributed by atoms with Crippen LogP contribution in [-0.4, -0.2) is 11.9 Å². The smallest absolute Gasteiger partial charge is 0.337 e. The van der Waals surface area contributed by atoms with Crippen molar-refractivity contribution in [3.63, 3.8) is 0 Å². The van der Waals surface area contributed by atoms with Gasteiger partial charge in [0.2, 0.25) is 0 Å². The largest absolute Gasteiger partial charge is 0.619 e. The molecular formula is C12H16N2O4. The maximum Gasteiger partial charge on any atom is 0.337 e. The van der Waals surface area contributed by atoms with Gasteiger partial charge < -0.3 is 10.0 Å². The maximum atomic E-state index is 11.6. The first-order chi connectivity index (χ1) is 8.20. The topological polar surface area (TPSA) is 82.3 Å². The van der Waals surface area contributed by atoms with E-state index in [0.29, 0.717) is 10.3 Å². The van der Waals surface area contributed by atoms with Crippen LogP contribution in [0.25, 0.3) is 0 Å². The van der Waals surface area contributed by atoms with E-state index in [9.17, 15) is 14.8 Å². The number of hydroxylamine groups is 1. The first kappa shape index (κ1) is 14.0. The van der Waals surface area contributed by atoms with Crippen LogP contribution in [0.5, 0.6) is 0 Å². The predicted octanol–water partition coefficient (Wildman–Crippen LogP) is 0.863. The summed E-state index contributed by atoms with van der Waals surface area (Å²) in [6.45, 7) is 6.69. The molecule has 1 heterocycles. The van der Waals surface area contributed by atoms with E-state index >= 15 is 0 Å². The number of nitrogens with zero attached hydrogens (tertiary/aromatic N) is 1. The Balaban J connectivity index is 2.69. The molecule has 0 radical (unpaired) electrons. The lowest BCUT2D eigenvalue weighted by Crippen LogP contribution is -2.35. The van der Waals surface area contributed by atoms with Gasteiger partial charge >= 0.3 is 5.97 Å². The van der Waals surface area contributed by atoms with Crippen molar-refractivity contribution < 1.29 is 19.2 Å². The molecule has 18 heavy (non-hydrogen) atoms. The Labute approximate surface area is 105 Å². The Kier molecular flexibility index (Phi) is 3.90. The van der Waals surface area contributed by atoms with Crippen LogP contribution in [0.1, 0.15) is 36.7 Å². The zero-order valence-electron chi connectivity index (χ0n) is 10.8. The number of pyridine rings is 1. The van der Waals surface area contributed by atoms with Crippen molar-refractivity contribution in [2.75, 3.05) is 0 Å². The third-order valence-corrected chi connectivity index (χ3v) is 2.09. The zero-order chi connectivity index (χ0) is 13.9. The van der Waals surface area contributed by atoms with Crippen LogP contribution < -0.4 is 10.2 Å². The van der Waals surface area contributed by atoms with E-state index < -0.39 is 17.3 Å². The van der Waals surface area contributed by atoms with E-state index in [4.69, 9.17) is 0 Å². The molecule has 0 unspecified atom stereocenters. The summed E-state index contributed by atoms with van der Waals surface area (Å²) in [5.74, 6) is -1.19. The van der Waals surface area contributed by atoms with Crippen LogP contribution in [0.15, 0.2) is 18.5 Å². The number of hydrogen-bond acceptors (Lipinski definition) is 4. The zero-order valence-corrected chi connectivity index (χ0v) is 10.8. The van der Waals surface area contributed by atoms with Gasteiger partial charge in [0.15, 0.2) is 12.4 Å². The second-order valence-corrected chi connectivity index (χ2v) is 5.03. The molecule has 0 atom stereocenters. The highest BCUT2D eigenvalue weighted by atomic mass is 16.7. The van der Waals surface area contributed by atoms with Crippen molar-refractivity contribution in [3.05, 3.63) is 34.8 Å². The van der Waals surface area contributed by atoms with Crippen molar-refractivity contribution >= 4 is 11.9 Å². The van der Waals surface area contributed by atoms with E-state index in [1.807, 2.05) is 5.48 Å². The Morgan fingerprint density at radius 3 is 2.44 bits per heavy atom. The molecule has 0 saturated heterocycles. The number of rotatable bonds is 1. The van der Waals surface area contributed by atoms with Crippen LogP contribution in [-0.2, 0) is 9.63 Å². The minimum Gasteiger partial charge on any atom is -0.619 e. The molecule has 0 saturated carbocycles. The average Bonchev–Trinajstić information content (AvgIpc) is 2.22. The summed E-state index contributed by atoms with van der Waals surface area (Å²) in [5.41, 5.74) is 2.08. The lowest BCUT2D eigenvalue weighted by atomic mass is 9.98. The standard InChI is InChI=1S/C12H16N2O4/c1-8-5-9(7-14(17)6-8)10(15)13-18-11(16)12(2,3)4/h5-7H,1-4H3,(H,13,15). The number of amides is 1. The molecule has 1 amide bonds. The minimum absolute atomic E-state index is 0.131. The van der Waals surface area contributed by atoms with Gasteiger partial charge in [-0.2, -0.15) is 10.2 Å². The molecule has 0 aliphatic carbocycles. The summed E-state index contributed by atoms with van der Waals surface area (Å²) >= 11 is 0. The normalized spacial score (nSPS) is 10.9. The molecule has 6 heteroatoms. The van der Waals surface area contributed by atoms with E-state index in [2.05, 4.69) is 4.84 Å². The Morgan fingerprint density at radius 2 is 1.94 bits per heavy atom. The van der Waals surface area contributed by atoms with Crippen LogP contribution in [0.3, 0.4) is 0 Å². The molecule has 1 rings (SSSR count). The predicted molar refractivity (Wildman–Crippen MR) is 63.2 cm³/mol. The summed E-state index contributed by atoms with van der Waals surface area (Å²) in [6.07, 6.45) is 2.44. The van der Waals surface area contributed by atoms with Crippen LogP contribution >= 0.6 is 0 Å². The van der Waals surface area contributed by atoms with Crippen molar-refractivity contribution in [3.8, 4) is 0 Å². The number of aromatic nitrogens is 1. The van der Waals surface area contributed by atoms with Gasteiger partial charge in [-0.25, -0.2) is 4.79 Å². The number of aryl methyl sites for hydroxylation is 1. The lowest BCUT2D eigenvalue weighted by Gasteiger charge is -2.15. The maximum absolute atomic E-state index is 11.6. The second-order valence-electron chi connectivity index (χ2n) is 5.03. The van der Waals surface area contributed by atoms with E-state index in [1.54, 1.807) is 27.7 Å². The number of nitrogens with one attached hydrogen (secondary N) is 1. The Bertz CT molecular complexity index is 457. The fourth-order valence-electron chi connectivity index (χ4n) is 1.12. The van der Waals surface area contributed by atoms with Gasteiger partial charge in [0.25, 0.3) is 5.91 Å². The van der Waals surface area contributed by atoms with Crippen molar-refractivity contribution in [1.29, 1.82) is 0 Å². The monoisotopic (exact) mass is 252 g/mol. The van der Waals surface area contributed by atoms with E-state index in [1.165, 1.54) is 12.3 Å². The summed E-state index contributed by atoms with van der Waals surface area (Å²) in [4.78, 5) is 27.7. The average molecular weight is 252 g/mol. The fraction of sp³-hybridized carbons (Fsp3) is 0.417. The van der Waals surface area contributed by atoms with Gasteiger partial charge in [0.1, 0.15) is 5.56 Å². The van der Waals surface area contributed by atoms with Gasteiger partial charge in [0, 0.05) is 5.56 Å². The Morgan fingerprint density at radius 1 is 1.33 bits per heavy atom. The van der Waals surface area contributed by atoms with Crippen molar-refractivity contribution in [1.82, 2.24) is 5.48 Å². The van der Waals surface area contributed by atoms with Crippen molar-refractivity contribution in [2.24, 2.45) is 5.41 Å². The van der Waals surface area contributed by atoms with Gasteiger partial charge in [-0.05, 0) is 33.8 Å². The van der Waals surface area contributed by atoms with Gasteiger partial charge in [-0.15, -0.1) is 0 Å². The molecular weight excluding hydrogens is 236 g/mol. The molecule has 1 aromatic heterocycles. The molecule has 0 fully saturated rings. The molecule has 0 spiro atoms. The van der Waals surface area contributed by atoms with Gasteiger partial charge in [0.05, 0.1) is 5.41 Å². The highest BCUT2D eigenvalue weighted by Gasteiger charge is 2.24. The van der Waals surface area contributed by atoms with Crippen LogP contribution in [0.4, 0.5) is 0 Å². The number of carbonyl (C=O) groups is 2. The highest BCUT2D eigenvalue weighted by Crippen LogP contribution is 2.14. The summed E-state index contributed by atoms with van der Waals surface area (Å²) in [5, 5.41) is 11.1. The summed E-state index contributed by atoms with van der Waals surface area (Å²) < 4.78 is 0.524. The van der Waals surface area contributed by atoms with Crippen molar-refractivity contribution in [2.45, 2.75) is 27.7 Å². The van der Waals surface area contributed by atoms with E-state index in [0.717, 1.165) is 6.20 Å². The molecule has 6 nitrogen and oxygen atoms in total. The van der Waals surface area contributed by atoms with Gasteiger partial charge in [-0.3, -0.25) is 4.79 Å². The van der Waals surface area contributed by atoms with Gasteiger partial charge in [-0.1, -0.05) is 0 Å². The summed E-state index contributed by atoms with van der Waals surface area (Å²) in [7, 11) is 0. The first-order valence-electron chi connectivity index (χ1n) is 5.42. The third kappa shape index (κ3) is 3.73. The third-order valence-electron chi connectivity index (χ3n) is 2.09. The quantitative estimate of drug-likeness (QED) is 0.456. The molecule has 0 aliphatic heterocycles. The highest BCUT2D eigenvalue weighted by molar-refractivity contribution is 5.94. The number of carbonyl (C=O) groups excluding carboxylic acids is 2. The lowest BCUT2D eigenvalue weighted by molar-refractivity contribution is -0.605. The molecule has 0 bridgehead atoms. The minimum atomic E-state index is -0.710. The Hall–Kier alpha value is -2.11. The van der Waals surface area contributed by atoms with Crippen LogP contribution in [0.2, 0.25) is 0 Å². The number of hydrogen-bond donors (Lipinski definition) is 1. The fourth-order valence-corrected chi connectivity index (χ4v) is 1.12. The summed E-state index contributed by atoms with van der Waals surface area (Å²) in [6, 6.07) is 1.52. The molecule has 1 aromatic rings. The molecule has 0 aromatic carbocycles. The van der Waals surface area contributed by atoms with Crippen LogP contribution in [0, 0.1) is 17.5 Å². The first-order valence-corrected chi connectivity index (χ1v) is 5.42. The van der Waals surface area contributed by atoms with E-state index in [-0.39, 0.29) is 5.56 Å².